The van der Waals surface area contributed by atoms with Gasteiger partial charge in [-0.2, -0.15) is 0 Å². The van der Waals surface area contributed by atoms with Gasteiger partial charge in [0.25, 0.3) is 0 Å². The molecule has 0 unspecified atom stereocenters. The highest BCUT2D eigenvalue weighted by atomic mass is 32.2. The molecule has 0 bridgehead atoms. The van der Waals surface area contributed by atoms with Crippen LogP contribution in [0.4, 0.5) is 27.8 Å². The highest BCUT2D eigenvalue weighted by Gasteiger charge is 2.17. The van der Waals surface area contributed by atoms with Gasteiger partial charge in [-0.1, -0.05) is 17.8 Å². The van der Waals surface area contributed by atoms with Crippen LogP contribution in [0.25, 0.3) is 10.2 Å². The first-order chi connectivity index (χ1) is 18.2. The number of ether oxygens (including phenoxy) is 1. The van der Waals surface area contributed by atoms with Crippen LogP contribution in [0.15, 0.2) is 69.9 Å². The maximum Gasteiger partial charge on any atom is 0.412 e. The molecule has 2 aromatic heterocycles. The van der Waals surface area contributed by atoms with E-state index in [2.05, 4.69) is 51.7 Å². The normalized spacial score (nSPS) is 14.5. The third kappa shape index (κ3) is 6.75. The van der Waals surface area contributed by atoms with E-state index in [1.807, 2.05) is 56.5 Å². The van der Waals surface area contributed by atoms with Crippen LogP contribution in [0.1, 0.15) is 20.8 Å². The number of thiophene rings is 1. The van der Waals surface area contributed by atoms with Crippen molar-refractivity contribution in [1.82, 2.24) is 14.9 Å². The zero-order valence-corrected chi connectivity index (χ0v) is 23.7. The predicted octanol–water partition coefficient (Wildman–Crippen LogP) is 6.68. The molecule has 1 aliphatic heterocycles. The number of benzene rings is 2. The number of piperazine rings is 1. The lowest BCUT2D eigenvalue weighted by Gasteiger charge is -2.34. The van der Waals surface area contributed by atoms with Gasteiger partial charge in [-0.15, -0.1) is 11.3 Å². The van der Waals surface area contributed by atoms with Crippen LogP contribution in [-0.4, -0.2) is 59.8 Å². The van der Waals surface area contributed by atoms with Crippen LogP contribution in [0.2, 0.25) is 0 Å². The van der Waals surface area contributed by atoms with Gasteiger partial charge < -0.3 is 19.9 Å². The number of anilines is 4. The van der Waals surface area contributed by atoms with Gasteiger partial charge in [0.1, 0.15) is 10.6 Å². The summed E-state index contributed by atoms with van der Waals surface area (Å²) in [6.07, 6.45) is -0.479. The Balaban J connectivity index is 1.31. The average molecular weight is 549 g/mol. The quantitative estimate of drug-likeness (QED) is 0.258. The molecule has 1 saturated heterocycles. The average Bonchev–Trinajstić information content (AvgIpc) is 3.33. The SMILES string of the molecule is CN1CCN(c2ccc(Nc3nc(Sc4cccc(NC(=O)OC(C)(C)C)c4)c4sccc4n3)cc2)CC1. The Morgan fingerprint density at radius 1 is 1.00 bits per heavy atom. The van der Waals surface area contributed by atoms with E-state index in [1.165, 1.54) is 17.4 Å². The van der Waals surface area contributed by atoms with E-state index in [9.17, 15) is 4.79 Å². The number of carbonyl (C=O) groups excluding carboxylic acids is 1. The van der Waals surface area contributed by atoms with Gasteiger partial charge >= 0.3 is 6.09 Å². The van der Waals surface area contributed by atoms with Crippen LogP contribution in [0.3, 0.4) is 0 Å². The minimum absolute atomic E-state index is 0.479. The number of likely N-dealkylation sites (N-methyl/N-ethyl adjacent to an activating group) is 1. The molecule has 1 amide bonds. The number of amides is 1. The Labute approximate surface area is 231 Å². The molecule has 1 aliphatic rings. The molecule has 0 saturated carbocycles. The van der Waals surface area contributed by atoms with Crippen molar-refractivity contribution in [3.63, 3.8) is 0 Å². The Morgan fingerprint density at radius 3 is 2.50 bits per heavy atom. The molecule has 38 heavy (non-hydrogen) atoms. The summed E-state index contributed by atoms with van der Waals surface area (Å²) in [6.45, 7) is 9.76. The smallest absolute Gasteiger partial charge is 0.412 e. The summed E-state index contributed by atoms with van der Waals surface area (Å²) < 4.78 is 6.40. The predicted molar refractivity (Wildman–Crippen MR) is 157 cm³/mol. The third-order valence-corrected chi connectivity index (χ3v) is 7.98. The number of carbonyl (C=O) groups is 1. The van der Waals surface area contributed by atoms with Gasteiger partial charge in [0.05, 0.1) is 10.2 Å². The van der Waals surface area contributed by atoms with E-state index in [-0.39, 0.29) is 0 Å². The summed E-state index contributed by atoms with van der Waals surface area (Å²) in [5.74, 6) is 0.550. The van der Waals surface area contributed by atoms with E-state index in [0.717, 1.165) is 52.0 Å². The largest absolute Gasteiger partial charge is 0.444 e. The van der Waals surface area contributed by atoms with Crippen molar-refractivity contribution in [1.29, 1.82) is 0 Å². The minimum Gasteiger partial charge on any atom is -0.444 e. The van der Waals surface area contributed by atoms with Gasteiger partial charge in [0.15, 0.2) is 0 Å². The molecule has 0 aliphatic carbocycles. The van der Waals surface area contributed by atoms with Gasteiger partial charge in [0.2, 0.25) is 5.95 Å². The molecule has 0 spiro atoms. The van der Waals surface area contributed by atoms with Crippen molar-refractivity contribution in [3.8, 4) is 0 Å². The number of hydrogen-bond donors (Lipinski definition) is 2. The number of nitrogens with zero attached hydrogens (tertiary/aromatic N) is 4. The van der Waals surface area contributed by atoms with Crippen molar-refractivity contribution >= 4 is 62.4 Å². The van der Waals surface area contributed by atoms with Crippen LogP contribution >= 0.6 is 23.1 Å². The van der Waals surface area contributed by atoms with Crippen LogP contribution in [0.5, 0.6) is 0 Å². The standard InChI is InChI=1S/C28H32N6O2S2/c1-28(2,3)36-27(35)30-20-6-5-7-22(18-20)38-25-24-23(12-17-37-24)31-26(32-25)29-19-8-10-21(11-9-19)34-15-13-33(4)14-16-34/h5-12,17-18H,13-16H2,1-4H3,(H,30,35)(H,29,31,32). The summed E-state index contributed by atoms with van der Waals surface area (Å²) in [6, 6.07) is 18.1. The molecule has 8 nitrogen and oxygen atoms in total. The van der Waals surface area contributed by atoms with Gasteiger partial charge in [-0.05, 0) is 81.7 Å². The zero-order valence-electron chi connectivity index (χ0n) is 22.0. The van der Waals surface area contributed by atoms with Crippen molar-refractivity contribution in [3.05, 3.63) is 60.0 Å². The van der Waals surface area contributed by atoms with Crippen LogP contribution < -0.4 is 15.5 Å². The number of aromatic nitrogens is 2. The molecular formula is C28H32N6O2S2. The number of nitrogens with one attached hydrogen (secondary N) is 2. The fourth-order valence-electron chi connectivity index (χ4n) is 4.08. The third-order valence-electron chi connectivity index (χ3n) is 5.96. The molecule has 3 heterocycles. The number of rotatable bonds is 6. The van der Waals surface area contributed by atoms with Crippen LogP contribution in [0, 0.1) is 0 Å². The zero-order chi connectivity index (χ0) is 26.7. The minimum atomic E-state index is -0.559. The van der Waals surface area contributed by atoms with Gasteiger partial charge in [0, 0.05) is 48.1 Å². The summed E-state index contributed by atoms with van der Waals surface area (Å²) in [5.41, 5.74) is 3.17. The van der Waals surface area contributed by atoms with Crippen molar-refractivity contribution < 1.29 is 9.53 Å². The van der Waals surface area contributed by atoms with Crippen molar-refractivity contribution in [2.45, 2.75) is 36.3 Å². The van der Waals surface area contributed by atoms with E-state index >= 15 is 0 Å². The fourth-order valence-corrected chi connectivity index (χ4v) is 5.95. The second-order valence-corrected chi connectivity index (χ2v) is 12.2. The highest BCUT2D eigenvalue weighted by molar-refractivity contribution is 7.99. The molecule has 198 valence electrons. The molecule has 0 atom stereocenters. The Hall–Kier alpha value is -3.34. The molecule has 4 aromatic rings. The lowest BCUT2D eigenvalue weighted by atomic mass is 10.2. The number of hydrogen-bond acceptors (Lipinski definition) is 9. The van der Waals surface area contributed by atoms with E-state index in [0.29, 0.717) is 11.6 Å². The molecule has 2 N–H and O–H groups in total. The van der Waals surface area contributed by atoms with Gasteiger partial charge in [-0.3, -0.25) is 5.32 Å². The lowest BCUT2D eigenvalue weighted by Crippen LogP contribution is -2.44. The monoisotopic (exact) mass is 548 g/mol. The second kappa shape index (κ2) is 11.2. The second-order valence-electron chi connectivity index (χ2n) is 10.2. The summed E-state index contributed by atoms with van der Waals surface area (Å²) >= 11 is 3.15. The Kier molecular flexibility index (Phi) is 7.73. The Bertz CT molecular complexity index is 1410. The van der Waals surface area contributed by atoms with Crippen molar-refractivity contribution in [2.75, 3.05) is 48.8 Å². The number of fused-ring (bicyclic) bond motifs is 1. The van der Waals surface area contributed by atoms with Crippen LogP contribution in [-0.2, 0) is 4.74 Å². The Morgan fingerprint density at radius 2 is 1.76 bits per heavy atom. The maximum absolute atomic E-state index is 12.2. The lowest BCUT2D eigenvalue weighted by molar-refractivity contribution is 0.0636. The molecule has 5 rings (SSSR count). The summed E-state index contributed by atoms with van der Waals surface area (Å²) in [4.78, 5) is 27.5. The molecule has 0 radical (unpaired) electrons. The first kappa shape index (κ1) is 26.3. The molecular weight excluding hydrogens is 516 g/mol. The summed E-state index contributed by atoms with van der Waals surface area (Å²) in [5, 5.41) is 9.07. The first-order valence-electron chi connectivity index (χ1n) is 12.6. The molecule has 2 aromatic carbocycles. The van der Waals surface area contributed by atoms with E-state index in [4.69, 9.17) is 14.7 Å². The first-order valence-corrected chi connectivity index (χ1v) is 14.3. The summed E-state index contributed by atoms with van der Waals surface area (Å²) in [7, 11) is 2.17. The molecule has 1 fully saturated rings. The molecule has 10 heteroatoms. The van der Waals surface area contributed by atoms with Gasteiger partial charge in [-0.25, -0.2) is 14.8 Å². The van der Waals surface area contributed by atoms with Crippen molar-refractivity contribution in [2.24, 2.45) is 0 Å². The highest BCUT2D eigenvalue weighted by Crippen LogP contribution is 2.36. The topological polar surface area (TPSA) is 82.6 Å². The maximum atomic E-state index is 12.2. The van der Waals surface area contributed by atoms with E-state index < -0.39 is 11.7 Å². The fraction of sp³-hybridized carbons (Fsp3) is 0.321. The van der Waals surface area contributed by atoms with E-state index in [1.54, 1.807) is 11.3 Å².